The van der Waals surface area contributed by atoms with E-state index >= 15 is 0 Å². The van der Waals surface area contributed by atoms with E-state index in [1.165, 1.54) is 6.07 Å². The van der Waals surface area contributed by atoms with Gasteiger partial charge in [0.1, 0.15) is 5.82 Å². The normalized spacial score (nSPS) is 20.2. The Kier molecular flexibility index (Phi) is 5.21. The van der Waals surface area contributed by atoms with Gasteiger partial charge in [0.25, 0.3) is 0 Å². The van der Waals surface area contributed by atoms with Gasteiger partial charge in [-0.15, -0.1) is 0 Å². The molecule has 1 fully saturated rings. The fourth-order valence-corrected chi connectivity index (χ4v) is 4.44. The van der Waals surface area contributed by atoms with Crippen LogP contribution in [0.5, 0.6) is 0 Å². The summed E-state index contributed by atoms with van der Waals surface area (Å²) in [6.07, 6.45) is 5.90. The summed E-state index contributed by atoms with van der Waals surface area (Å²) in [6.45, 7) is 8.90. The average Bonchev–Trinajstić information content (AvgIpc) is 2.78. The number of nitrogens with zero attached hydrogens (tertiary/aromatic N) is 7. The van der Waals surface area contributed by atoms with E-state index in [1.807, 2.05) is 12.3 Å². The van der Waals surface area contributed by atoms with Crippen molar-refractivity contribution in [2.75, 3.05) is 36.0 Å². The molecule has 0 bridgehead atoms. The van der Waals surface area contributed by atoms with Gasteiger partial charge in [0, 0.05) is 68.0 Å². The number of hydrogen-bond acceptors (Lipinski definition) is 8. The molecule has 1 unspecified atom stereocenters. The first-order valence-corrected chi connectivity index (χ1v) is 10.9. The SMILES string of the molecule is CC1c2cnc(-c3ncccn3)nc2CCN1c1cc(N2CCOC(C)(C)C2)cc(F)n1. The van der Waals surface area contributed by atoms with Crippen LogP contribution in [0.4, 0.5) is 15.9 Å². The molecule has 0 N–H and O–H groups in total. The molecule has 166 valence electrons. The molecule has 0 radical (unpaired) electrons. The first-order valence-electron chi connectivity index (χ1n) is 10.9. The molecule has 8 nitrogen and oxygen atoms in total. The lowest BCUT2D eigenvalue weighted by Gasteiger charge is -2.40. The van der Waals surface area contributed by atoms with Crippen LogP contribution < -0.4 is 9.80 Å². The summed E-state index contributed by atoms with van der Waals surface area (Å²) in [4.78, 5) is 26.2. The molecule has 9 heteroatoms. The standard InChI is InChI=1S/C23H26FN7O/c1-15-17-13-27-22(21-25-6-4-7-26-21)28-18(17)5-8-31(15)20-12-16(11-19(24)29-20)30-9-10-32-23(2,3)14-30/h4,6-7,11-13,15H,5,8-10,14H2,1-3H3. The van der Waals surface area contributed by atoms with E-state index < -0.39 is 5.95 Å². The molecule has 3 aromatic heterocycles. The smallest absolute Gasteiger partial charge is 0.216 e. The van der Waals surface area contributed by atoms with Crippen LogP contribution in [-0.2, 0) is 11.2 Å². The van der Waals surface area contributed by atoms with Crippen molar-refractivity contribution in [1.82, 2.24) is 24.9 Å². The van der Waals surface area contributed by atoms with Crippen molar-refractivity contribution in [1.29, 1.82) is 0 Å². The number of ether oxygens (including phenoxy) is 1. The minimum Gasteiger partial charge on any atom is -0.372 e. The summed E-state index contributed by atoms with van der Waals surface area (Å²) >= 11 is 0. The van der Waals surface area contributed by atoms with Crippen LogP contribution in [0.15, 0.2) is 36.8 Å². The predicted molar refractivity (Wildman–Crippen MR) is 119 cm³/mol. The summed E-state index contributed by atoms with van der Waals surface area (Å²) in [5, 5.41) is 0. The predicted octanol–water partition coefficient (Wildman–Crippen LogP) is 3.21. The van der Waals surface area contributed by atoms with Crippen LogP contribution in [-0.4, -0.2) is 56.8 Å². The van der Waals surface area contributed by atoms with Crippen LogP contribution in [0.2, 0.25) is 0 Å². The Bertz CT molecular complexity index is 1120. The Labute approximate surface area is 186 Å². The fraction of sp³-hybridized carbons (Fsp3) is 0.435. The number of anilines is 2. The van der Waals surface area contributed by atoms with Gasteiger partial charge in [-0.25, -0.2) is 24.9 Å². The molecule has 0 amide bonds. The molecule has 5 rings (SSSR count). The number of aromatic nitrogens is 5. The lowest BCUT2D eigenvalue weighted by molar-refractivity contribution is -0.0277. The quantitative estimate of drug-likeness (QED) is 0.581. The summed E-state index contributed by atoms with van der Waals surface area (Å²) in [5.41, 5.74) is 2.54. The number of rotatable bonds is 3. The van der Waals surface area contributed by atoms with Gasteiger partial charge in [0.2, 0.25) is 5.95 Å². The topological polar surface area (TPSA) is 80.2 Å². The van der Waals surface area contributed by atoms with Gasteiger partial charge in [0.05, 0.1) is 23.9 Å². The van der Waals surface area contributed by atoms with E-state index in [2.05, 4.69) is 50.5 Å². The summed E-state index contributed by atoms with van der Waals surface area (Å²) in [7, 11) is 0. The van der Waals surface area contributed by atoms with Gasteiger partial charge < -0.3 is 14.5 Å². The third-order valence-corrected chi connectivity index (χ3v) is 6.02. The molecule has 0 spiro atoms. The molecule has 2 aliphatic rings. The number of hydrogen-bond donors (Lipinski definition) is 0. The monoisotopic (exact) mass is 435 g/mol. The Morgan fingerprint density at radius 3 is 2.66 bits per heavy atom. The molecule has 0 aromatic carbocycles. The lowest BCUT2D eigenvalue weighted by atomic mass is 9.99. The van der Waals surface area contributed by atoms with E-state index in [9.17, 15) is 4.39 Å². The second-order valence-corrected chi connectivity index (χ2v) is 8.82. The maximum atomic E-state index is 14.6. The Balaban J connectivity index is 1.43. The first-order chi connectivity index (χ1) is 15.4. The van der Waals surface area contributed by atoms with E-state index in [-0.39, 0.29) is 11.6 Å². The van der Waals surface area contributed by atoms with Gasteiger partial charge in [-0.2, -0.15) is 4.39 Å². The van der Waals surface area contributed by atoms with Crippen molar-refractivity contribution in [2.45, 2.75) is 38.8 Å². The molecule has 3 aromatic rings. The molecule has 2 aliphatic heterocycles. The van der Waals surface area contributed by atoms with Crippen molar-refractivity contribution in [3.05, 3.63) is 54.0 Å². The van der Waals surface area contributed by atoms with E-state index in [0.717, 1.165) is 23.5 Å². The van der Waals surface area contributed by atoms with Gasteiger partial charge >= 0.3 is 0 Å². The molecule has 1 saturated heterocycles. The average molecular weight is 436 g/mol. The van der Waals surface area contributed by atoms with Crippen LogP contribution in [0.25, 0.3) is 11.6 Å². The third-order valence-electron chi connectivity index (χ3n) is 6.02. The second kappa shape index (κ2) is 8.05. The van der Waals surface area contributed by atoms with Gasteiger partial charge in [-0.3, -0.25) is 0 Å². The minimum atomic E-state index is -0.479. The molecular weight excluding hydrogens is 409 g/mol. The van der Waals surface area contributed by atoms with Gasteiger partial charge in [0.15, 0.2) is 11.6 Å². The molecule has 0 aliphatic carbocycles. The van der Waals surface area contributed by atoms with Gasteiger partial charge in [-0.05, 0) is 26.8 Å². The minimum absolute atomic E-state index is 0.0345. The van der Waals surface area contributed by atoms with Crippen molar-refractivity contribution in [2.24, 2.45) is 0 Å². The summed E-state index contributed by atoms with van der Waals surface area (Å²) < 4.78 is 20.4. The molecule has 5 heterocycles. The third kappa shape index (κ3) is 4.00. The summed E-state index contributed by atoms with van der Waals surface area (Å²) in [6, 6.07) is 5.20. The maximum Gasteiger partial charge on any atom is 0.216 e. The highest BCUT2D eigenvalue weighted by Gasteiger charge is 2.30. The van der Waals surface area contributed by atoms with Crippen molar-refractivity contribution in [3.8, 4) is 11.6 Å². The Morgan fingerprint density at radius 1 is 1.06 bits per heavy atom. The van der Waals surface area contributed by atoms with E-state index in [0.29, 0.717) is 43.6 Å². The highest BCUT2D eigenvalue weighted by molar-refractivity contribution is 5.58. The van der Waals surface area contributed by atoms with Crippen LogP contribution in [0.1, 0.15) is 38.1 Å². The zero-order valence-electron chi connectivity index (χ0n) is 18.5. The molecular formula is C23H26FN7O. The number of fused-ring (bicyclic) bond motifs is 1. The van der Waals surface area contributed by atoms with Crippen molar-refractivity contribution >= 4 is 11.5 Å². The molecule has 0 saturated carbocycles. The largest absolute Gasteiger partial charge is 0.372 e. The van der Waals surface area contributed by atoms with Crippen LogP contribution in [0, 0.1) is 5.95 Å². The van der Waals surface area contributed by atoms with E-state index in [1.54, 1.807) is 18.5 Å². The number of morpholine rings is 1. The van der Waals surface area contributed by atoms with E-state index in [4.69, 9.17) is 9.72 Å². The fourth-order valence-electron chi connectivity index (χ4n) is 4.44. The zero-order chi connectivity index (χ0) is 22.3. The van der Waals surface area contributed by atoms with Crippen molar-refractivity contribution < 1.29 is 9.13 Å². The highest BCUT2D eigenvalue weighted by atomic mass is 19.1. The number of halogens is 1. The summed E-state index contributed by atoms with van der Waals surface area (Å²) in [5.74, 6) is 1.17. The Hall–Kier alpha value is -3.20. The van der Waals surface area contributed by atoms with Crippen LogP contribution >= 0.6 is 0 Å². The first kappa shape index (κ1) is 20.7. The van der Waals surface area contributed by atoms with Crippen molar-refractivity contribution in [3.63, 3.8) is 0 Å². The second-order valence-electron chi connectivity index (χ2n) is 8.82. The zero-order valence-corrected chi connectivity index (χ0v) is 18.5. The number of pyridine rings is 1. The lowest BCUT2D eigenvalue weighted by Crippen LogP contribution is -2.48. The van der Waals surface area contributed by atoms with Crippen LogP contribution in [0.3, 0.4) is 0 Å². The Morgan fingerprint density at radius 2 is 1.88 bits per heavy atom. The maximum absolute atomic E-state index is 14.6. The van der Waals surface area contributed by atoms with Gasteiger partial charge in [-0.1, -0.05) is 0 Å². The molecule has 32 heavy (non-hydrogen) atoms. The highest BCUT2D eigenvalue weighted by Crippen LogP contribution is 2.34. The molecule has 1 atom stereocenters.